The van der Waals surface area contributed by atoms with Crippen LogP contribution in [0, 0.1) is 5.82 Å². The summed E-state index contributed by atoms with van der Waals surface area (Å²) < 4.78 is 12.8. The molecule has 1 heterocycles. The Bertz CT molecular complexity index is 413. The van der Waals surface area contributed by atoms with Crippen molar-refractivity contribution in [2.24, 2.45) is 10.7 Å². The predicted molar refractivity (Wildman–Crippen MR) is 87.8 cm³/mol. The third-order valence-electron chi connectivity index (χ3n) is 3.12. The molecule has 0 aromatic heterocycles. The Morgan fingerprint density at radius 1 is 1.21 bits per heavy atom. The third kappa shape index (κ3) is 4.22. The molecule has 2 rings (SSSR count). The molecule has 19 heavy (non-hydrogen) atoms. The van der Waals surface area contributed by atoms with E-state index in [1.165, 1.54) is 12.1 Å². The number of nitrogens with two attached hydrogens (primary N) is 1. The van der Waals surface area contributed by atoms with E-state index in [-0.39, 0.29) is 29.8 Å². The molecule has 0 spiro atoms. The van der Waals surface area contributed by atoms with Crippen LogP contribution in [0.3, 0.4) is 0 Å². The van der Waals surface area contributed by atoms with Gasteiger partial charge in [-0.2, -0.15) is 0 Å². The smallest absolute Gasteiger partial charge is 0.191 e. The van der Waals surface area contributed by atoms with E-state index in [0.717, 1.165) is 31.9 Å². The number of benzene rings is 1. The van der Waals surface area contributed by atoms with E-state index < -0.39 is 0 Å². The summed E-state index contributed by atoms with van der Waals surface area (Å²) in [4.78, 5) is 8.53. The molecule has 4 nitrogen and oxygen atoms in total. The number of guanidine groups is 1. The molecule has 0 radical (unpaired) electrons. The van der Waals surface area contributed by atoms with Gasteiger partial charge in [0.1, 0.15) is 5.82 Å². The maximum Gasteiger partial charge on any atom is 0.191 e. The van der Waals surface area contributed by atoms with Crippen LogP contribution in [0.15, 0.2) is 29.3 Å². The standard InChI is InChI=1S/C13H19FN4.HI/c1-2-16-13(15)18-9-7-17(8-10-18)12-5-3-11(14)4-6-12;/h3-6H,2,7-10H2,1H3,(H2,15,16);1H. The number of hydrogen-bond donors (Lipinski definition) is 1. The van der Waals surface area contributed by atoms with Gasteiger partial charge in [0.15, 0.2) is 5.96 Å². The molecule has 106 valence electrons. The second-order valence-corrected chi connectivity index (χ2v) is 4.28. The molecule has 1 fully saturated rings. The Labute approximate surface area is 130 Å². The van der Waals surface area contributed by atoms with E-state index in [2.05, 4.69) is 14.8 Å². The van der Waals surface area contributed by atoms with Crippen LogP contribution in [0.5, 0.6) is 0 Å². The zero-order chi connectivity index (χ0) is 13.0. The van der Waals surface area contributed by atoms with Gasteiger partial charge in [0.05, 0.1) is 0 Å². The summed E-state index contributed by atoms with van der Waals surface area (Å²) in [6, 6.07) is 6.62. The molecule has 1 saturated heterocycles. The summed E-state index contributed by atoms with van der Waals surface area (Å²) >= 11 is 0. The molecule has 0 unspecified atom stereocenters. The Hall–Kier alpha value is -1.05. The molecule has 2 N–H and O–H groups in total. The van der Waals surface area contributed by atoms with Gasteiger partial charge in [0.2, 0.25) is 0 Å². The van der Waals surface area contributed by atoms with Crippen molar-refractivity contribution in [3.05, 3.63) is 30.1 Å². The van der Waals surface area contributed by atoms with Gasteiger partial charge >= 0.3 is 0 Å². The summed E-state index contributed by atoms with van der Waals surface area (Å²) in [6.45, 7) is 6.15. The summed E-state index contributed by atoms with van der Waals surface area (Å²) in [5, 5.41) is 0. The zero-order valence-corrected chi connectivity index (χ0v) is 13.4. The molecule has 6 heteroatoms. The van der Waals surface area contributed by atoms with Gasteiger partial charge in [-0.15, -0.1) is 24.0 Å². The van der Waals surface area contributed by atoms with E-state index in [9.17, 15) is 4.39 Å². The third-order valence-corrected chi connectivity index (χ3v) is 3.12. The van der Waals surface area contributed by atoms with Gasteiger partial charge in [-0.1, -0.05) is 0 Å². The van der Waals surface area contributed by atoms with Crippen molar-refractivity contribution in [2.45, 2.75) is 6.92 Å². The maximum atomic E-state index is 12.8. The Morgan fingerprint density at radius 3 is 2.32 bits per heavy atom. The van der Waals surface area contributed by atoms with Crippen LogP contribution in [0.2, 0.25) is 0 Å². The first-order valence-electron chi connectivity index (χ1n) is 6.26. The molecular weight excluding hydrogens is 358 g/mol. The van der Waals surface area contributed by atoms with E-state index in [4.69, 9.17) is 5.73 Å². The summed E-state index contributed by atoms with van der Waals surface area (Å²) in [5.74, 6) is 0.424. The fraction of sp³-hybridized carbons (Fsp3) is 0.462. The fourth-order valence-electron chi connectivity index (χ4n) is 2.11. The van der Waals surface area contributed by atoms with E-state index in [1.807, 2.05) is 19.1 Å². The van der Waals surface area contributed by atoms with Crippen molar-refractivity contribution >= 4 is 35.6 Å². The number of hydrogen-bond acceptors (Lipinski definition) is 2. The van der Waals surface area contributed by atoms with Crippen LogP contribution in [-0.2, 0) is 0 Å². The molecule has 0 saturated carbocycles. The van der Waals surface area contributed by atoms with Gasteiger partial charge in [0.25, 0.3) is 0 Å². The van der Waals surface area contributed by atoms with Gasteiger partial charge in [-0.25, -0.2) is 4.39 Å². The number of rotatable bonds is 2. The summed E-state index contributed by atoms with van der Waals surface area (Å²) in [7, 11) is 0. The average Bonchev–Trinajstić information content (AvgIpc) is 2.40. The minimum Gasteiger partial charge on any atom is -0.370 e. The first-order valence-corrected chi connectivity index (χ1v) is 6.26. The molecule has 1 aliphatic rings. The predicted octanol–water partition coefficient (Wildman–Crippen LogP) is 1.90. The van der Waals surface area contributed by atoms with Crippen molar-refractivity contribution in [1.29, 1.82) is 0 Å². The topological polar surface area (TPSA) is 44.9 Å². The highest BCUT2D eigenvalue weighted by Crippen LogP contribution is 2.16. The highest BCUT2D eigenvalue weighted by atomic mass is 127. The zero-order valence-electron chi connectivity index (χ0n) is 11.1. The second-order valence-electron chi connectivity index (χ2n) is 4.28. The van der Waals surface area contributed by atoms with Gasteiger partial charge in [0, 0.05) is 38.4 Å². The molecule has 0 atom stereocenters. The van der Waals surface area contributed by atoms with Gasteiger partial charge < -0.3 is 15.5 Å². The van der Waals surface area contributed by atoms with Crippen LogP contribution in [0.4, 0.5) is 10.1 Å². The lowest BCUT2D eigenvalue weighted by atomic mass is 10.2. The van der Waals surface area contributed by atoms with Crippen molar-refractivity contribution in [3.63, 3.8) is 0 Å². The lowest BCUT2D eigenvalue weighted by molar-refractivity contribution is 0.381. The van der Waals surface area contributed by atoms with E-state index >= 15 is 0 Å². The first-order chi connectivity index (χ1) is 8.70. The summed E-state index contributed by atoms with van der Waals surface area (Å²) in [6.07, 6.45) is 0. The van der Waals surface area contributed by atoms with Crippen molar-refractivity contribution in [3.8, 4) is 0 Å². The van der Waals surface area contributed by atoms with Crippen LogP contribution in [0.1, 0.15) is 6.92 Å². The second kappa shape index (κ2) is 7.52. The van der Waals surface area contributed by atoms with Crippen LogP contribution < -0.4 is 10.6 Å². The molecule has 0 aliphatic carbocycles. The lowest BCUT2D eigenvalue weighted by Crippen LogP contribution is -2.51. The fourth-order valence-corrected chi connectivity index (χ4v) is 2.11. The average molecular weight is 378 g/mol. The SMILES string of the molecule is CCN=C(N)N1CCN(c2ccc(F)cc2)CC1.I. The quantitative estimate of drug-likeness (QED) is 0.486. The molecule has 0 amide bonds. The van der Waals surface area contributed by atoms with E-state index in [0.29, 0.717) is 12.5 Å². The minimum atomic E-state index is -0.197. The van der Waals surface area contributed by atoms with Gasteiger partial charge in [-0.05, 0) is 31.2 Å². The number of halogens is 2. The maximum absolute atomic E-state index is 12.8. The van der Waals surface area contributed by atoms with Crippen LogP contribution in [0.25, 0.3) is 0 Å². The Kier molecular flexibility index (Phi) is 6.33. The molecular formula is C13H20FIN4. The Balaban J connectivity index is 0.00000180. The van der Waals surface area contributed by atoms with Crippen LogP contribution >= 0.6 is 24.0 Å². The van der Waals surface area contributed by atoms with Crippen molar-refractivity contribution in [1.82, 2.24) is 4.90 Å². The highest BCUT2D eigenvalue weighted by Gasteiger charge is 2.18. The largest absolute Gasteiger partial charge is 0.370 e. The van der Waals surface area contributed by atoms with Gasteiger partial charge in [-0.3, -0.25) is 4.99 Å². The summed E-state index contributed by atoms with van der Waals surface area (Å²) in [5.41, 5.74) is 6.93. The lowest BCUT2D eigenvalue weighted by Gasteiger charge is -2.36. The van der Waals surface area contributed by atoms with E-state index in [1.54, 1.807) is 0 Å². The Morgan fingerprint density at radius 2 is 1.79 bits per heavy atom. The highest BCUT2D eigenvalue weighted by molar-refractivity contribution is 14.0. The first kappa shape index (κ1) is 16.0. The molecule has 1 aromatic carbocycles. The minimum absolute atomic E-state index is 0. The number of anilines is 1. The normalized spacial score (nSPS) is 16.2. The number of nitrogens with zero attached hydrogens (tertiary/aromatic N) is 3. The number of aliphatic imine (C=N–C) groups is 1. The monoisotopic (exact) mass is 378 g/mol. The van der Waals surface area contributed by atoms with Crippen LogP contribution in [-0.4, -0.2) is 43.6 Å². The van der Waals surface area contributed by atoms with Crippen molar-refractivity contribution < 1.29 is 4.39 Å². The van der Waals surface area contributed by atoms with Crippen molar-refractivity contribution in [2.75, 3.05) is 37.6 Å². The molecule has 1 aromatic rings. The molecule has 0 bridgehead atoms. The number of piperazine rings is 1. The molecule has 1 aliphatic heterocycles.